The second kappa shape index (κ2) is 6.07. The third-order valence-electron chi connectivity index (χ3n) is 3.08. The fourth-order valence-corrected chi connectivity index (χ4v) is 2.20. The van der Waals surface area contributed by atoms with Crippen molar-refractivity contribution >= 4 is 30.1 Å². The number of nitrogens with zero attached hydrogens (tertiary/aromatic N) is 1. The van der Waals surface area contributed by atoms with Gasteiger partial charge >= 0.3 is 13.1 Å². The standard InChI is InChI=1S/C13H16BNO5/c1-3-19-12(17)7-15(9(2)16)11-6-4-5-10-8-20-14(18)13(10)11/h4-6,18H,3,7-8H2,1-2H3. The molecule has 0 saturated heterocycles. The number of rotatable bonds is 4. The second-order valence-electron chi connectivity index (χ2n) is 4.42. The van der Waals surface area contributed by atoms with E-state index in [1.54, 1.807) is 19.1 Å². The summed E-state index contributed by atoms with van der Waals surface area (Å²) in [6.45, 7) is 3.42. The van der Waals surface area contributed by atoms with Crippen LogP contribution in [0.25, 0.3) is 0 Å². The number of esters is 1. The molecule has 0 fully saturated rings. The van der Waals surface area contributed by atoms with Crippen molar-refractivity contribution in [1.82, 2.24) is 0 Å². The van der Waals surface area contributed by atoms with Gasteiger partial charge in [-0.15, -0.1) is 0 Å². The van der Waals surface area contributed by atoms with Crippen molar-refractivity contribution in [3.63, 3.8) is 0 Å². The van der Waals surface area contributed by atoms with E-state index in [0.29, 0.717) is 11.2 Å². The van der Waals surface area contributed by atoms with Crippen molar-refractivity contribution in [2.45, 2.75) is 20.5 Å². The van der Waals surface area contributed by atoms with Crippen LogP contribution < -0.4 is 10.4 Å². The third kappa shape index (κ3) is 2.83. The first kappa shape index (κ1) is 14.6. The molecule has 1 aromatic rings. The first-order valence-corrected chi connectivity index (χ1v) is 6.39. The summed E-state index contributed by atoms with van der Waals surface area (Å²) in [5.41, 5.74) is 1.82. The highest BCUT2D eigenvalue weighted by molar-refractivity contribution is 6.63. The Morgan fingerprint density at radius 2 is 2.25 bits per heavy atom. The number of fused-ring (bicyclic) bond motifs is 1. The average molecular weight is 277 g/mol. The molecule has 1 aliphatic heterocycles. The zero-order valence-corrected chi connectivity index (χ0v) is 11.5. The Balaban J connectivity index is 2.34. The van der Waals surface area contributed by atoms with E-state index in [2.05, 4.69) is 0 Å². The highest BCUT2D eigenvalue weighted by Gasteiger charge is 2.33. The normalized spacial score (nSPS) is 13.1. The summed E-state index contributed by atoms with van der Waals surface area (Å²) in [5, 5.41) is 9.85. The summed E-state index contributed by atoms with van der Waals surface area (Å²) in [6, 6.07) is 5.26. The Hall–Kier alpha value is -1.86. The smallest absolute Gasteiger partial charge is 0.465 e. The lowest BCUT2D eigenvalue weighted by atomic mass is 9.78. The molecule has 0 atom stereocenters. The topological polar surface area (TPSA) is 76.1 Å². The van der Waals surface area contributed by atoms with Crippen LogP contribution in [0.15, 0.2) is 18.2 Å². The van der Waals surface area contributed by atoms with E-state index in [1.165, 1.54) is 11.8 Å². The minimum atomic E-state index is -1.08. The summed E-state index contributed by atoms with van der Waals surface area (Å²) in [7, 11) is -1.08. The van der Waals surface area contributed by atoms with Gasteiger partial charge in [-0.25, -0.2) is 0 Å². The van der Waals surface area contributed by atoms with Gasteiger partial charge in [-0.05, 0) is 18.6 Å². The Morgan fingerprint density at radius 1 is 1.50 bits per heavy atom. The molecule has 2 rings (SSSR count). The number of ether oxygens (including phenoxy) is 1. The lowest BCUT2D eigenvalue weighted by molar-refractivity contribution is -0.142. The molecule has 0 aliphatic carbocycles. The van der Waals surface area contributed by atoms with Gasteiger partial charge < -0.3 is 19.3 Å². The molecule has 0 saturated carbocycles. The molecule has 20 heavy (non-hydrogen) atoms. The van der Waals surface area contributed by atoms with Gasteiger partial charge in [-0.2, -0.15) is 0 Å². The van der Waals surface area contributed by atoms with Crippen LogP contribution in [0.3, 0.4) is 0 Å². The van der Waals surface area contributed by atoms with Crippen LogP contribution >= 0.6 is 0 Å². The maximum atomic E-state index is 11.8. The summed E-state index contributed by atoms with van der Waals surface area (Å²) in [6.07, 6.45) is 0. The number of carbonyl (C=O) groups is 2. The molecular formula is C13H16BNO5. The van der Waals surface area contributed by atoms with Crippen LogP contribution in [0.5, 0.6) is 0 Å². The van der Waals surface area contributed by atoms with Gasteiger partial charge in [0.1, 0.15) is 6.54 Å². The van der Waals surface area contributed by atoms with Gasteiger partial charge in [0.15, 0.2) is 0 Å². The summed E-state index contributed by atoms with van der Waals surface area (Å²) in [5.74, 6) is -0.792. The van der Waals surface area contributed by atoms with Gasteiger partial charge in [0.25, 0.3) is 0 Å². The Bertz CT molecular complexity index is 533. The Kier molecular flexibility index (Phi) is 4.41. The minimum absolute atomic E-state index is 0.188. The monoisotopic (exact) mass is 277 g/mol. The van der Waals surface area contributed by atoms with Crippen LogP contribution in [-0.4, -0.2) is 37.2 Å². The highest BCUT2D eigenvalue weighted by Crippen LogP contribution is 2.20. The minimum Gasteiger partial charge on any atom is -0.465 e. The van der Waals surface area contributed by atoms with Crippen LogP contribution in [0, 0.1) is 0 Å². The Morgan fingerprint density at radius 3 is 2.90 bits per heavy atom. The van der Waals surface area contributed by atoms with E-state index in [1.807, 2.05) is 6.07 Å². The molecule has 1 aliphatic rings. The average Bonchev–Trinajstić information content (AvgIpc) is 2.78. The number of anilines is 1. The molecule has 6 nitrogen and oxygen atoms in total. The van der Waals surface area contributed by atoms with Crippen molar-refractivity contribution in [3.8, 4) is 0 Å². The first-order valence-electron chi connectivity index (χ1n) is 6.39. The molecule has 1 heterocycles. The molecule has 7 heteroatoms. The molecule has 0 unspecified atom stereocenters. The van der Waals surface area contributed by atoms with E-state index in [9.17, 15) is 14.6 Å². The zero-order valence-electron chi connectivity index (χ0n) is 11.5. The van der Waals surface area contributed by atoms with E-state index in [4.69, 9.17) is 9.39 Å². The first-order chi connectivity index (χ1) is 9.54. The maximum Gasteiger partial charge on any atom is 0.493 e. The number of hydrogen-bond acceptors (Lipinski definition) is 5. The summed E-state index contributed by atoms with van der Waals surface area (Å²) < 4.78 is 10.0. The summed E-state index contributed by atoms with van der Waals surface area (Å²) >= 11 is 0. The molecule has 0 bridgehead atoms. The third-order valence-corrected chi connectivity index (χ3v) is 3.08. The van der Waals surface area contributed by atoms with Gasteiger partial charge in [-0.3, -0.25) is 9.59 Å². The number of amides is 1. The zero-order chi connectivity index (χ0) is 14.7. The molecule has 1 N–H and O–H groups in total. The molecular weight excluding hydrogens is 261 g/mol. The van der Waals surface area contributed by atoms with E-state index in [0.717, 1.165) is 5.56 Å². The van der Waals surface area contributed by atoms with Gasteiger partial charge in [0, 0.05) is 18.1 Å². The summed E-state index contributed by atoms with van der Waals surface area (Å²) in [4.78, 5) is 24.7. The van der Waals surface area contributed by atoms with Crippen molar-refractivity contribution in [3.05, 3.63) is 23.8 Å². The van der Waals surface area contributed by atoms with Gasteiger partial charge in [0.2, 0.25) is 5.91 Å². The number of hydrogen-bond donors (Lipinski definition) is 1. The molecule has 1 aromatic carbocycles. The SMILES string of the molecule is CCOC(=O)CN(C(C)=O)c1cccc2c1B(O)OC2. The predicted molar refractivity (Wildman–Crippen MR) is 73.5 cm³/mol. The number of carbonyl (C=O) groups excluding carboxylic acids is 2. The van der Waals surface area contributed by atoms with E-state index in [-0.39, 0.29) is 25.7 Å². The number of benzene rings is 1. The van der Waals surface area contributed by atoms with Crippen LogP contribution in [-0.2, 0) is 25.6 Å². The van der Waals surface area contributed by atoms with Crippen molar-refractivity contribution in [2.75, 3.05) is 18.1 Å². The molecule has 106 valence electrons. The highest BCUT2D eigenvalue weighted by atomic mass is 16.5. The van der Waals surface area contributed by atoms with Crippen LogP contribution in [0.4, 0.5) is 5.69 Å². The molecule has 1 amide bonds. The van der Waals surface area contributed by atoms with Gasteiger partial charge in [0.05, 0.1) is 13.2 Å². The molecule has 0 spiro atoms. The largest absolute Gasteiger partial charge is 0.493 e. The van der Waals surface area contributed by atoms with Gasteiger partial charge in [-0.1, -0.05) is 12.1 Å². The fourth-order valence-electron chi connectivity index (χ4n) is 2.20. The van der Waals surface area contributed by atoms with Crippen molar-refractivity contribution in [2.24, 2.45) is 0 Å². The predicted octanol–water partition coefficient (Wildman–Crippen LogP) is -0.180. The van der Waals surface area contributed by atoms with Crippen LogP contribution in [0.2, 0.25) is 0 Å². The molecule has 0 radical (unpaired) electrons. The fraction of sp³-hybridized carbons (Fsp3) is 0.385. The van der Waals surface area contributed by atoms with Crippen LogP contribution in [0.1, 0.15) is 19.4 Å². The maximum absolute atomic E-state index is 11.8. The Labute approximate surface area is 117 Å². The van der Waals surface area contributed by atoms with E-state index < -0.39 is 13.1 Å². The second-order valence-corrected chi connectivity index (χ2v) is 4.42. The lowest BCUT2D eigenvalue weighted by Gasteiger charge is -2.22. The van der Waals surface area contributed by atoms with Crippen molar-refractivity contribution in [1.29, 1.82) is 0 Å². The van der Waals surface area contributed by atoms with E-state index >= 15 is 0 Å². The lowest BCUT2D eigenvalue weighted by Crippen LogP contribution is -2.41. The van der Waals surface area contributed by atoms with Crippen molar-refractivity contribution < 1.29 is 24.0 Å². The quantitative estimate of drug-likeness (QED) is 0.610. The molecule has 0 aromatic heterocycles.